The Morgan fingerprint density at radius 1 is 1.00 bits per heavy atom. The van der Waals surface area contributed by atoms with Gasteiger partial charge >= 0.3 is 0 Å². The van der Waals surface area contributed by atoms with Crippen LogP contribution in [0.15, 0.2) is 60.8 Å². The van der Waals surface area contributed by atoms with Gasteiger partial charge in [-0.1, -0.05) is 47.5 Å². The van der Waals surface area contributed by atoms with Gasteiger partial charge in [-0.2, -0.15) is 0 Å². The van der Waals surface area contributed by atoms with Crippen LogP contribution in [0.1, 0.15) is 10.5 Å². The van der Waals surface area contributed by atoms with Crippen molar-refractivity contribution in [1.29, 1.82) is 0 Å². The van der Waals surface area contributed by atoms with E-state index in [-0.39, 0.29) is 17.5 Å². The number of carbonyl (C=O) groups excluding carboxylic acids is 1. The monoisotopic (exact) mass is 372 g/mol. The molecule has 0 radical (unpaired) electrons. The Hall–Kier alpha value is -2.63. The van der Waals surface area contributed by atoms with Gasteiger partial charge in [-0.25, -0.2) is 9.97 Å². The predicted octanol–water partition coefficient (Wildman–Crippen LogP) is 4.80. The van der Waals surface area contributed by atoms with Crippen molar-refractivity contribution in [1.82, 2.24) is 9.97 Å². The van der Waals surface area contributed by atoms with Crippen molar-refractivity contribution < 1.29 is 4.79 Å². The summed E-state index contributed by atoms with van der Waals surface area (Å²) in [6, 6.07) is 16.0. The minimum absolute atomic E-state index is 0.238. The van der Waals surface area contributed by atoms with Gasteiger partial charge < -0.3 is 10.2 Å². The lowest BCUT2D eigenvalue weighted by molar-refractivity contribution is 0.0988. The molecular weight excluding hydrogens is 359 g/mol. The Bertz CT molecular complexity index is 882. The molecule has 5 nitrogen and oxygen atoms in total. The third-order valence-corrected chi connectivity index (χ3v) is 4.15. The first-order chi connectivity index (χ1) is 12.1. The number of rotatable bonds is 4. The maximum Gasteiger partial charge on any atom is 0.276 e. The molecule has 0 saturated heterocycles. The lowest BCUT2D eigenvalue weighted by Gasteiger charge is -2.17. The van der Waals surface area contributed by atoms with Crippen LogP contribution in [0.4, 0.5) is 17.3 Å². The standard InChI is InChI=1S/C18H14Cl2N4O/c1-24(12-6-3-2-4-7-12)17(25)15-10-11-21-18(22-15)23-16-13(19)8-5-9-14(16)20/h2-11H,1H3,(H,21,22,23). The molecule has 2 aromatic carbocycles. The highest BCUT2D eigenvalue weighted by atomic mass is 35.5. The number of carbonyl (C=O) groups is 1. The number of aromatic nitrogens is 2. The minimum Gasteiger partial charge on any atom is -0.322 e. The Balaban J connectivity index is 1.85. The molecular formula is C18H14Cl2N4O. The lowest BCUT2D eigenvalue weighted by atomic mass is 10.2. The van der Waals surface area contributed by atoms with Crippen molar-refractivity contribution in [2.75, 3.05) is 17.3 Å². The number of nitrogens with zero attached hydrogens (tertiary/aromatic N) is 3. The van der Waals surface area contributed by atoms with Gasteiger partial charge in [-0.3, -0.25) is 4.79 Å². The van der Waals surface area contributed by atoms with Crippen LogP contribution in [-0.2, 0) is 0 Å². The van der Waals surface area contributed by atoms with Gasteiger partial charge in [0.15, 0.2) is 0 Å². The summed E-state index contributed by atoms with van der Waals surface area (Å²) < 4.78 is 0. The second-order valence-electron chi connectivity index (χ2n) is 5.19. The first-order valence-corrected chi connectivity index (χ1v) is 8.19. The fraction of sp³-hybridized carbons (Fsp3) is 0.0556. The maximum atomic E-state index is 12.6. The zero-order valence-corrected chi connectivity index (χ0v) is 14.8. The van der Waals surface area contributed by atoms with Crippen molar-refractivity contribution in [3.8, 4) is 0 Å². The average Bonchev–Trinajstić information content (AvgIpc) is 2.64. The molecule has 25 heavy (non-hydrogen) atoms. The van der Waals surface area contributed by atoms with Gasteiger partial charge in [0.1, 0.15) is 5.69 Å². The molecule has 0 unspecified atom stereocenters. The highest BCUT2D eigenvalue weighted by Crippen LogP contribution is 2.31. The fourth-order valence-corrected chi connectivity index (χ4v) is 2.70. The van der Waals surface area contributed by atoms with E-state index < -0.39 is 0 Å². The molecule has 126 valence electrons. The van der Waals surface area contributed by atoms with E-state index in [0.29, 0.717) is 15.7 Å². The van der Waals surface area contributed by atoms with E-state index in [1.807, 2.05) is 30.3 Å². The highest BCUT2D eigenvalue weighted by molar-refractivity contribution is 6.39. The van der Waals surface area contributed by atoms with Crippen molar-refractivity contribution >= 4 is 46.4 Å². The molecule has 0 aliphatic carbocycles. The van der Waals surface area contributed by atoms with Crippen molar-refractivity contribution in [3.63, 3.8) is 0 Å². The van der Waals surface area contributed by atoms with E-state index in [0.717, 1.165) is 5.69 Å². The first kappa shape index (κ1) is 17.2. The molecule has 1 amide bonds. The number of para-hydroxylation sites is 2. The van der Waals surface area contributed by atoms with E-state index in [1.165, 1.54) is 11.1 Å². The van der Waals surface area contributed by atoms with Crippen LogP contribution in [-0.4, -0.2) is 22.9 Å². The van der Waals surface area contributed by atoms with E-state index >= 15 is 0 Å². The number of nitrogens with one attached hydrogen (secondary N) is 1. The summed E-state index contributed by atoms with van der Waals surface area (Å²) >= 11 is 12.3. The number of amides is 1. The summed E-state index contributed by atoms with van der Waals surface area (Å²) in [6.45, 7) is 0. The summed E-state index contributed by atoms with van der Waals surface area (Å²) in [4.78, 5) is 22.5. The van der Waals surface area contributed by atoms with E-state index in [1.54, 1.807) is 31.3 Å². The lowest BCUT2D eigenvalue weighted by Crippen LogP contribution is -2.27. The summed E-state index contributed by atoms with van der Waals surface area (Å²) in [5, 5.41) is 3.84. The second kappa shape index (κ2) is 7.51. The van der Waals surface area contributed by atoms with Gasteiger partial charge in [-0.15, -0.1) is 0 Å². The van der Waals surface area contributed by atoms with Gasteiger partial charge in [0.05, 0.1) is 15.7 Å². The third kappa shape index (κ3) is 3.90. The summed E-state index contributed by atoms with van der Waals surface area (Å²) in [6.07, 6.45) is 1.51. The maximum absolute atomic E-state index is 12.6. The molecule has 1 N–H and O–H groups in total. The number of benzene rings is 2. The van der Waals surface area contributed by atoms with E-state index in [4.69, 9.17) is 23.2 Å². The van der Waals surface area contributed by atoms with Crippen LogP contribution in [0.25, 0.3) is 0 Å². The number of hydrogen-bond acceptors (Lipinski definition) is 4. The number of anilines is 3. The molecule has 7 heteroatoms. The molecule has 0 spiro atoms. The highest BCUT2D eigenvalue weighted by Gasteiger charge is 2.16. The molecule has 0 saturated carbocycles. The quantitative estimate of drug-likeness (QED) is 0.714. The first-order valence-electron chi connectivity index (χ1n) is 7.43. The summed E-state index contributed by atoms with van der Waals surface area (Å²) in [7, 11) is 1.69. The van der Waals surface area contributed by atoms with Crippen LogP contribution in [0.5, 0.6) is 0 Å². The van der Waals surface area contributed by atoms with Gasteiger partial charge in [0, 0.05) is 18.9 Å². The topological polar surface area (TPSA) is 58.1 Å². The SMILES string of the molecule is CN(C(=O)c1ccnc(Nc2c(Cl)cccc2Cl)n1)c1ccccc1. The van der Waals surface area contributed by atoms with Crippen molar-refractivity contribution in [2.45, 2.75) is 0 Å². The molecule has 3 aromatic rings. The van der Waals surface area contributed by atoms with Crippen molar-refractivity contribution in [3.05, 3.63) is 76.5 Å². The molecule has 0 atom stereocenters. The van der Waals surface area contributed by atoms with Crippen molar-refractivity contribution in [2.24, 2.45) is 0 Å². The van der Waals surface area contributed by atoms with Crippen LogP contribution in [0, 0.1) is 0 Å². The Kier molecular flexibility index (Phi) is 5.16. The number of halogens is 2. The van der Waals surface area contributed by atoms with Gasteiger partial charge in [0.2, 0.25) is 5.95 Å². The van der Waals surface area contributed by atoms with Crippen LogP contribution in [0.2, 0.25) is 10.0 Å². The average molecular weight is 373 g/mol. The number of hydrogen-bond donors (Lipinski definition) is 1. The predicted molar refractivity (Wildman–Crippen MR) is 101 cm³/mol. The normalized spacial score (nSPS) is 10.4. The largest absolute Gasteiger partial charge is 0.322 e. The van der Waals surface area contributed by atoms with Crippen LogP contribution >= 0.6 is 23.2 Å². The van der Waals surface area contributed by atoms with Gasteiger partial charge in [0.25, 0.3) is 5.91 Å². The molecule has 0 aliphatic rings. The molecule has 1 heterocycles. The Morgan fingerprint density at radius 3 is 2.36 bits per heavy atom. The zero-order valence-electron chi connectivity index (χ0n) is 13.3. The Morgan fingerprint density at radius 2 is 1.68 bits per heavy atom. The summed E-state index contributed by atoms with van der Waals surface area (Å²) in [5.41, 5.74) is 1.52. The Labute approximate surface area is 155 Å². The molecule has 0 fully saturated rings. The molecule has 3 rings (SSSR count). The molecule has 0 bridgehead atoms. The second-order valence-corrected chi connectivity index (χ2v) is 6.00. The van der Waals surface area contributed by atoms with E-state index in [9.17, 15) is 4.79 Å². The van der Waals surface area contributed by atoms with Gasteiger partial charge in [-0.05, 0) is 30.3 Å². The smallest absolute Gasteiger partial charge is 0.276 e. The minimum atomic E-state index is -0.248. The zero-order chi connectivity index (χ0) is 17.8. The van der Waals surface area contributed by atoms with Crippen LogP contribution in [0.3, 0.4) is 0 Å². The molecule has 0 aliphatic heterocycles. The van der Waals surface area contributed by atoms with Crippen LogP contribution < -0.4 is 10.2 Å². The fourth-order valence-electron chi connectivity index (χ4n) is 2.21. The third-order valence-electron chi connectivity index (χ3n) is 3.52. The molecule has 1 aromatic heterocycles. The van der Waals surface area contributed by atoms with E-state index in [2.05, 4.69) is 15.3 Å². The summed E-state index contributed by atoms with van der Waals surface area (Å²) in [5.74, 6) is -0.00998.